The summed E-state index contributed by atoms with van der Waals surface area (Å²) in [5.74, 6) is -0.249. The van der Waals surface area contributed by atoms with Crippen molar-refractivity contribution in [2.45, 2.75) is 26.8 Å². The van der Waals surface area contributed by atoms with Crippen molar-refractivity contribution in [3.63, 3.8) is 0 Å². The number of piperazine rings is 1. The summed E-state index contributed by atoms with van der Waals surface area (Å²) in [4.78, 5) is 27.8. The summed E-state index contributed by atoms with van der Waals surface area (Å²) in [7, 11) is 0. The van der Waals surface area contributed by atoms with Crippen LogP contribution in [-0.4, -0.2) is 49.1 Å². The first-order chi connectivity index (χ1) is 10.0. The largest absolute Gasteiger partial charge is 0.465 e. The van der Waals surface area contributed by atoms with Gasteiger partial charge in [-0.05, 0) is 32.4 Å². The van der Waals surface area contributed by atoms with Gasteiger partial charge in [0.2, 0.25) is 5.91 Å². The molecule has 0 bridgehead atoms. The van der Waals surface area contributed by atoms with Gasteiger partial charge in [-0.1, -0.05) is 18.2 Å². The molecule has 2 rings (SSSR count). The van der Waals surface area contributed by atoms with Gasteiger partial charge in [0.1, 0.15) is 0 Å². The number of rotatable bonds is 4. The van der Waals surface area contributed by atoms with E-state index in [0.717, 1.165) is 11.3 Å². The molecule has 1 aliphatic rings. The fraction of sp³-hybridized carbons (Fsp3) is 0.500. The van der Waals surface area contributed by atoms with Gasteiger partial charge in [-0.3, -0.25) is 14.5 Å². The maximum atomic E-state index is 12.6. The van der Waals surface area contributed by atoms with Gasteiger partial charge in [0, 0.05) is 18.8 Å². The van der Waals surface area contributed by atoms with E-state index in [9.17, 15) is 9.59 Å². The number of hydrogen-bond acceptors (Lipinski definition) is 4. The van der Waals surface area contributed by atoms with E-state index in [1.165, 1.54) is 0 Å². The molecule has 21 heavy (non-hydrogen) atoms. The van der Waals surface area contributed by atoms with Crippen LogP contribution >= 0.6 is 0 Å². The number of hydrogen-bond donors (Lipinski definition) is 0. The van der Waals surface area contributed by atoms with Gasteiger partial charge in [0.25, 0.3) is 0 Å². The molecule has 1 amide bonds. The lowest BCUT2D eigenvalue weighted by Gasteiger charge is -2.39. The maximum absolute atomic E-state index is 12.6. The van der Waals surface area contributed by atoms with E-state index in [1.54, 1.807) is 6.92 Å². The molecule has 0 aromatic heterocycles. The molecule has 1 fully saturated rings. The van der Waals surface area contributed by atoms with Crippen molar-refractivity contribution >= 4 is 17.6 Å². The molecule has 0 saturated carbocycles. The van der Waals surface area contributed by atoms with E-state index in [4.69, 9.17) is 4.74 Å². The third-order valence-corrected chi connectivity index (χ3v) is 3.83. The number of ether oxygens (including phenoxy) is 1. The average molecular weight is 290 g/mol. The van der Waals surface area contributed by atoms with E-state index in [-0.39, 0.29) is 24.5 Å². The highest BCUT2D eigenvalue weighted by Crippen LogP contribution is 2.23. The zero-order valence-electron chi connectivity index (χ0n) is 12.8. The molecule has 0 radical (unpaired) electrons. The molecule has 0 spiro atoms. The molecule has 1 aromatic carbocycles. The Morgan fingerprint density at radius 2 is 2.05 bits per heavy atom. The van der Waals surface area contributed by atoms with E-state index >= 15 is 0 Å². The van der Waals surface area contributed by atoms with E-state index < -0.39 is 0 Å². The van der Waals surface area contributed by atoms with Gasteiger partial charge >= 0.3 is 5.97 Å². The Kier molecular flexibility index (Phi) is 4.96. The molecule has 114 valence electrons. The van der Waals surface area contributed by atoms with Crippen LogP contribution in [0.2, 0.25) is 0 Å². The lowest BCUT2D eigenvalue weighted by Crippen LogP contribution is -2.57. The number of aryl methyl sites for hydroxylation is 1. The van der Waals surface area contributed by atoms with E-state index in [1.807, 2.05) is 47.9 Å². The van der Waals surface area contributed by atoms with Crippen LogP contribution in [0.15, 0.2) is 24.3 Å². The molecule has 1 saturated heterocycles. The molecule has 1 heterocycles. The van der Waals surface area contributed by atoms with Gasteiger partial charge in [-0.2, -0.15) is 0 Å². The predicted molar refractivity (Wildman–Crippen MR) is 81.2 cm³/mol. The van der Waals surface area contributed by atoms with Crippen LogP contribution in [0.4, 0.5) is 5.69 Å². The Labute approximate surface area is 125 Å². The fourth-order valence-electron chi connectivity index (χ4n) is 2.61. The lowest BCUT2D eigenvalue weighted by molar-refractivity contribution is -0.145. The summed E-state index contributed by atoms with van der Waals surface area (Å²) in [5, 5.41) is 0. The highest BCUT2D eigenvalue weighted by atomic mass is 16.5. The minimum atomic E-state index is -0.317. The van der Waals surface area contributed by atoms with Crippen LogP contribution in [0.1, 0.15) is 19.4 Å². The molecular formula is C16H22N2O3. The molecule has 5 nitrogen and oxygen atoms in total. The van der Waals surface area contributed by atoms with E-state index in [0.29, 0.717) is 19.7 Å². The second-order valence-corrected chi connectivity index (χ2v) is 5.23. The second-order valence-electron chi connectivity index (χ2n) is 5.23. The molecule has 1 atom stereocenters. The zero-order chi connectivity index (χ0) is 15.4. The van der Waals surface area contributed by atoms with Crippen LogP contribution in [0.5, 0.6) is 0 Å². The van der Waals surface area contributed by atoms with Gasteiger partial charge in [0.15, 0.2) is 0 Å². The monoisotopic (exact) mass is 290 g/mol. The molecule has 1 unspecified atom stereocenters. The van der Waals surface area contributed by atoms with Crippen molar-refractivity contribution < 1.29 is 14.3 Å². The first-order valence-corrected chi connectivity index (χ1v) is 7.31. The smallest absolute Gasteiger partial charge is 0.320 e. The lowest BCUT2D eigenvalue weighted by atomic mass is 10.1. The Balaban J connectivity index is 2.08. The Hall–Kier alpha value is -1.88. The van der Waals surface area contributed by atoms with Crippen molar-refractivity contribution in [3.8, 4) is 0 Å². The molecule has 1 aromatic rings. The summed E-state index contributed by atoms with van der Waals surface area (Å²) in [6.45, 7) is 7.41. The predicted octanol–water partition coefficient (Wildman–Crippen LogP) is 1.60. The van der Waals surface area contributed by atoms with Crippen LogP contribution in [0.25, 0.3) is 0 Å². The fourth-order valence-corrected chi connectivity index (χ4v) is 2.61. The summed E-state index contributed by atoms with van der Waals surface area (Å²) in [6.07, 6.45) is 0. The highest BCUT2D eigenvalue weighted by Gasteiger charge is 2.33. The summed E-state index contributed by atoms with van der Waals surface area (Å²) < 4.78 is 4.95. The summed E-state index contributed by atoms with van der Waals surface area (Å²) >= 11 is 0. The van der Waals surface area contributed by atoms with Crippen molar-refractivity contribution in [2.75, 3.05) is 31.1 Å². The first-order valence-electron chi connectivity index (χ1n) is 7.31. The number of anilines is 1. The van der Waals surface area contributed by atoms with Crippen molar-refractivity contribution in [3.05, 3.63) is 29.8 Å². The van der Waals surface area contributed by atoms with Crippen molar-refractivity contribution in [2.24, 2.45) is 0 Å². The number of amides is 1. The molecule has 1 aliphatic heterocycles. The van der Waals surface area contributed by atoms with Crippen LogP contribution < -0.4 is 4.90 Å². The van der Waals surface area contributed by atoms with E-state index in [2.05, 4.69) is 0 Å². The second kappa shape index (κ2) is 6.72. The van der Waals surface area contributed by atoms with Crippen molar-refractivity contribution in [1.29, 1.82) is 0 Å². The molecule has 0 N–H and O–H groups in total. The van der Waals surface area contributed by atoms with Crippen LogP contribution in [0.3, 0.4) is 0 Å². The molecule has 5 heteroatoms. The number of benzene rings is 1. The average Bonchev–Trinajstić information content (AvgIpc) is 2.46. The number of carbonyl (C=O) groups excluding carboxylic acids is 2. The minimum Gasteiger partial charge on any atom is -0.465 e. The standard InChI is InChI=1S/C16H22N2O3/c1-4-21-15(19)11-17-9-10-18(16(20)13(17)3)14-8-6-5-7-12(14)2/h5-8,13H,4,9-11H2,1-3H3. The molecule has 0 aliphatic carbocycles. The van der Waals surface area contributed by atoms with Crippen LogP contribution in [0, 0.1) is 6.92 Å². The molecular weight excluding hydrogens is 268 g/mol. The van der Waals surface area contributed by atoms with Gasteiger partial charge < -0.3 is 9.64 Å². The Bertz CT molecular complexity index is 530. The number of carbonyl (C=O) groups is 2. The normalized spacial score (nSPS) is 19.7. The van der Waals surface area contributed by atoms with Crippen molar-refractivity contribution in [1.82, 2.24) is 4.90 Å². The number of para-hydroxylation sites is 1. The summed E-state index contributed by atoms with van der Waals surface area (Å²) in [6, 6.07) is 7.54. The maximum Gasteiger partial charge on any atom is 0.320 e. The van der Waals surface area contributed by atoms with Gasteiger partial charge in [0.05, 0.1) is 19.2 Å². The van der Waals surface area contributed by atoms with Crippen LogP contribution in [-0.2, 0) is 14.3 Å². The third kappa shape index (κ3) is 3.42. The first kappa shape index (κ1) is 15.5. The number of nitrogens with zero attached hydrogens (tertiary/aromatic N) is 2. The number of esters is 1. The topological polar surface area (TPSA) is 49.9 Å². The summed E-state index contributed by atoms with van der Waals surface area (Å²) in [5.41, 5.74) is 2.03. The quantitative estimate of drug-likeness (QED) is 0.790. The Morgan fingerprint density at radius 1 is 1.33 bits per heavy atom. The zero-order valence-corrected chi connectivity index (χ0v) is 12.8. The Morgan fingerprint density at radius 3 is 2.71 bits per heavy atom. The minimum absolute atomic E-state index is 0.0276. The van der Waals surface area contributed by atoms with Gasteiger partial charge in [-0.25, -0.2) is 0 Å². The highest BCUT2D eigenvalue weighted by molar-refractivity contribution is 5.98. The van der Waals surface area contributed by atoms with Gasteiger partial charge in [-0.15, -0.1) is 0 Å². The SMILES string of the molecule is CCOC(=O)CN1CCN(c2ccccc2C)C(=O)C1C. The third-order valence-electron chi connectivity index (χ3n) is 3.83.